The van der Waals surface area contributed by atoms with E-state index >= 15 is 0 Å². The Hall–Kier alpha value is -1.47. The lowest BCUT2D eigenvalue weighted by Crippen LogP contribution is -2.27. The Bertz CT molecular complexity index is 835. The Labute approximate surface area is 152 Å². The molecule has 1 aliphatic rings. The monoisotopic (exact) mass is 382 g/mol. The summed E-state index contributed by atoms with van der Waals surface area (Å²) in [6.45, 7) is 2.27. The average molecular weight is 383 g/mol. The summed E-state index contributed by atoms with van der Waals surface area (Å²) in [6, 6.07) is 11.6. The summed E-state index contributed by atoms with van der Waals surface area (Å²) in [6.07, 6.45) is 1.85. The summed E-state index contributed by atoms with van der Waals surface area (Å²) in [5.74, 6) is -0.433. The van der Waals surface area contributed by atoms with E-state index in [2.05, 4.69) is 5.32 Å². The molecule has 0 radical (unpaired) electrons. The van der Waals surface area contributed by atoms with Crippen LogP contribution < -0.4 is 5.32 Å². The highest BCUT2D eigenvalue weighted by molar-refractivity contribution is 7.89. The van der Waals surface area contributed by atoms with Crippen molar-refractivity contribution in [1.29, 1.82) is 0 Å². The smallest absolute Gasteiger partial charge is 0.243 e. The Balaban J connectivity index is 1.58. The lowest BCUT2D eigenvalue weighted by atomic mass is 10.2. The molecule has 0 amide bonds. The van der Waals surface area contributed by atoms with Crippen LogP contribution in [0.5, 0.6) is 0 Å². The molecule has 7 heteroatoms. The van der Waals surface area contributed by atoms with Gasteiger partial charge < -0.3 is 5.32 Å². The molecule has 1 fully saturated rings. The molecule has 0 unspecified atom stereocenters. The molecule has 1 N–H and O–H groups in total. The van der Waals surface area contributed by atoms with Gasteiger partial charge in [0, 0.05) is 26.2 Å². The number of rotatable bonds is 6. The Kier molecular flexibility index (Phi) is 5.74. The van der Waals surface area contributed by atoms with E-state index in [1.165, 1.54) is 16.4 Å². The van der Waals surface area contributed by atoms with Gasteiger partial charge >= 0.3 is 0 Å². The number of nitrogens with one attached hydrogen (secondary N) is 1. The van der Waals surface area contributed by atoms with Gasteiger partial charge in [0.05, 0.1) is 9.92 Å². The van der Waals surface area contributed by atoms with Crippen LogP contribution in [0.1, 0.15) is 24.0 Å². The number of hydrogen-bond donors (Lipinski definition) is 1. The first-order chi connectivity index (χ1) is 12.0. The van der Waals surface area contributed by atoms with Crippen molar-refractivity contribution in [2.24, 2.45) is 0 Å². The first-order valence-electron chi connectivity index (χ1n) is 8.20. The molecular weight excluding hydrogens is 363 g/mol. The molecule has 3 rings (SSSR count). The molecule has 0 aliphatic carbocycles. The van der Waals surface area contributed by atoms with Gasteiger partial charge in [-0.05, 0) is 48.2 Å². The van der Waals surface area contributed by atoms with Crippen LogP contribution in [0.3, 0.4) is 0 Å². The second-order valence-corrected chi connectivity index (χ2v) is 8.45. The molecule has 1 aliphatic heterocycles. The molecule has 0 saturated carbocycles. The zero-order valence-electron chi connectivity index (χ0n) is 13.7. The van der Waals surface area contributed by atoms with Gasteiger partial charge in [0.1, 0.15) is 5.82 Å². The fourth-order valence-corrected chi connectivity index (χ4v) is 4.49. The zero-order valence-corrected chi connectivity index (χ0v) is 15.3. The third kappa shape index (κ3) is 4.39. The molecule has 134 valence electrons. The summed E-state index contributed by atoms with van der Waals surface area (Å²) >= 11 is 5.66. The van der Waals surface area contributed by atoms with Gasteiger partial charge in [0.2, 0.25) is 10.0 Å². The molecule has 25 heavy (non-hydrogen) atoms. The van der Waals surface area contributed by atoms with Gasteiger partial charge in [-0.2, -0.15) is 4.31 Å². The van der Waals surface area contributed by atoms with Gasteiger partial charge in [0.15, 0.2) is 0 Å². The van der Waals surface area contributed by atoms with E-state index in [1.807, 2.05) is 0 Å². The number of hydrogen-bond acceptors (Lipinski definition) is 3. The van der Waals surface area contributed by atoms with Gasteiger partial charge in [-0.3, -0.25) is 0 Å². The number of sulfonamides is 1. The van der Waals surface area contributed by atoms with Crippen LogP contribution >= 0.6 is 11.6 Å². The maximum absolute atomic E-state index is 13.4. The van der Waals surface area contributed by atoms with Gasteiger partial charge in [-0.1, -0.05) is 29.8 Å². The van der Waals surface area contributed by atoms with E-state index in [9.17, 15) is 12.8 Å². The highest BCUT2D eigenvalue weighted by atomic mass is 35.5. The van der Waals surface area contributed by atoms with Crippen LogP contribution in [0, 0.1) is 5.82 Å². The van der Waals surface area contributed by atoms with Gasteiger partial charge in [-0.15, -0.1) is 0 Å². The third-order valence-electron chi connectivity index (χ3n) is 4.27. The highest BCUT2D eigenvalue weighted by Gasteiger charge is 2.26. The number of benzene rings is 2. The zero-order chi connectivity index (χ0) is 17.9. The molecule has 0 atom stereocenters. The minimum absolute atomic E-state index is 0.110. The van der Waals surface area contributed by atoms with E-state index in [4.69, 9.17) is 11.6 Å². The Morgan fingerprint density at radius 1 is 1.00 bits per heavy atom. The van der Waals surface area contributed by atoms with Crippen molar-refractivity contribution in [1.82, 2.24) is 9.62 Å². The van der Waals surface area contributed by atoms with Crippen LogP contribution in [0.4, 0.5) is 4.39 Å². The van der Waals surface area contributed by atoms with Crippen LogP contribution in [-0.4, -0.2) is 25.8 Å². The van der Waals surface area contributed by atoms with Crippen molar-refractivity contribution in [3.05, 3.63) is 64.4 Å². The molecule has 2 aromatic carbocycles. The van der Waals surface area contributed by atoms with Crippen LogP contribution in [0.15, 0.2) is 47.4 Å². The predicted octanol–water partition coefficient (Wildman–Crippen LogP) is 3.55. The maximum atomic E-state index is 13.4. The quantitative estimate of drug-likeness (QED) is 0.831. The highest BCUT2D eigenvalue weighted by Crippen LogP contribution is 2.21. The molecule has 1 heterocycles. The molecule has 0 aromatic heterocycles. The van der Waals surface area contributed by atoms with Crippen molar-refractivity contribution in [2.75, 3.05) is 13.1 Å². The second-order valence-electron chi connectivity index (χ2n) is 6.11. The third-order valence-corrected chi connectivity index (χ3v) is 6.49. The van der Waals surface area contributed by atoms with E-state index < -0.39 is 15.8 Å². The second kappa shape index (κ2) is 7.83. The summed E-state index contributed by atoms with van der Waals surface area (Å²) in [7, 11) is -3.37. The summed E-state index contributed by atoms with van der Waals surface area (Å²) < 4.78 is 39.9. The fourth-order valence-electron chi connectivity index (χ4n) is 2.86. The molecule has 4 nitrogen and oxygen atoms in total. The van der Waals surface area contributed by atoms with Crippen molar-refractivity contribution >= 4 is 21.6 Å². The average Bonchev–Trinajstić information content (AvgIpc) is 3.14. The van der Waals surface area contributed by atoms with E-state index in [-0.39, 0.29) is 5.02 Å². The summed E-state index contributed by atoms with van der Waals surface area (Å²) in [4.78, 5) is 0.331. The SMILES string of the molecule is O=S(=O)(c1ccc(CNCc2ccc(Cl)c(F)c2)cc1)N1CCCC1. The van der Waals surface area contributed by atoms with Crippen LogP contribution in [0.25, 0.3) is 0 Å². The van der Waals surface area contributed by atoms with Crippen molar-refractivity contribution in [2.45, 2.75) is 30.8 Å². The van der Waals surface area contributed by atoms with Gasteiger partial charge in [0.25, 0.3) is 0 Å². The lowest BCUT2D eigenvalue weighted by Gasteiger charge is -2.15. The Morgan fingerprint density at radius 2 is 1.60 bits per heavy atom. The summed E-state index contributed by atoms with van der Waals surface area (Å²) in [5.41, 5.74) is 1.77. The van der Waals surface area contributed by atoms with Crippen LogP contribution in [0.2, 0.25) is 5.02 Å². The van der Waals surface area contributed by atoms with Crippen LogP contribution in [-0.2, 0) is 23.1 Å². The molecule has 0 spiro atoms. The lowest BCUT2D eigenvalue weighted by molar-refractivity contribution is 0.477. The standard InChI is InChI=1S/C18H20ClFN2O2S/c19-17-8-5-15(11-18(17)20)13-21-12-14-3-6-16(7-4-14)25(23,24)22-9-1-2-10-22/h3-8,11,21H,1-2,9-10,12-13H2. The fraction of sp³-hybridized carbons (Fsp3) is 0.333. The topological polar surface area (TPSA) is 49.4 Å². The van der Waals surface area contributed by atoms with E-state index in [0.29, 0.717) is 31.1 Å². The largest absolute Gasteiger partial charge is 0.309 e. The van der Waals surface area contributed by atoms with E-state index in [1.54, 1.807) is 30.3 Å². The maximum Gasteiger partial charge on any atom is 0.243 e. The molecule has 0 bridgehead atoms. The van der Waals surface area contributed by atoms with E-state index in [0.717, 1.165) is 24.0 Å². The molecule has 2 aromatic rings. The van der Waals surface area contributed by atoms with Gasteiger partial charge in [-0.25, -0.2) is 12.8 Å². The molecule has 1 saturated heterocycles. The first-order valence-corrected chi connectivity index (χ1v) is 10.0. The Morgan fingerprint density at radius 3 is 2.24 bits per heavy atom. The predicted molar refractivity (Wildman–Crippen MR) is 96.4 cm³/mol. The summed E-state index contributed by atoms with van der Waals surface area (Å²) in [5, 5.41) is 3.32. The minimum atomic E-state index is -3.37. The number of halogens is 2. The minimum Gasteiger partial charge on any atom is -0.309 e. The molecular formula is C18H20ClFN2O2S. The van der Waals surface area contributed by atoms with Crippen molar-refractivity contribution in [3.8, 4) is 0 Å². The number of nitrogens with zero attached hydrogens (tertiary/aromatic N) is 1. The van der Waals surface area contributed by atoms with Crippen molar-refractivity contribution < 1.29 is 12.8 Å². The van der Waals surface area contributed by atoms with Crippen molar-refractivity contribution in [3.63, 3.8) is 0 Å². The first kappa shape index (κ1) is 18.3. The normalized spacial score (nSPS) is 15.6.